The van der Waals surface area contributed by atoms with Crippen LogP contribution in [0.2, 0.25) is 0 Å². The van der Waals surface area contributed by atoms with E-state index in [0.29, 0.717) is 18.1 Å². The van der Waals surface area contributed by atoms with Crippen molar-refractivity contribution >= 4 is 38.6 Å². The minimum Gasteiger partial charge on any atom is -0.493 e. The van der Waals surface area contributed by atoms with Crippen LogP contribution in [-0.4, -0.2) is 24.9 Å². The summed E-state index contributed by atoms with van der Waals surface area (Å²) in [5, 5.41) is 7.02. The number of thiazole rings is 1. The molecule has 134 valence electrons. The average molecular weight is 432 g/mol. The number of hydrogen-bond donors (Lipinski definition) is 1. The van der Waals surface area contributed by atoms with Crippen LogP contribution in [0.5, 0.6) is 11.5 Å². The molecule has 0 aliphatic heterocycles. The zero-order valence-electron chi connectivity index (χ0n) is 14.4. The van der Waals surface area contributed by atoms with Crippen LogP contribution in [0.25, 0.3) is 11.3 Å². The molecule has 0 bridgehead atoms. The summed E-state index contributed by atoms with van der Waals surface area (Å²) in [5.41, 5.74) is 5.86. The van der Waals surface area contributed by atoms with Crippen molar-refractivity contribution in [1.82, 2.24) is 4.98 Å². The predicted octanol–water partition coefficient (Wildman–Crippen LogP) is 5.43. The van der Waals surface area contributed by atoms with Crippen LogP contribution in [0, 0.1) is 0 Å². The molecule has 1 N–H and O–H groups in total. The fourth-order valence-electron chi connectivity index (χ4n) is 2.30. The molecule has 7 heteroatoms. The Morgan fingerprint density at radius 1 is 1.23 bits per heavy atom. The van der Waals surface area contributed by atoms with Gasteiger partial charge in [-0.2, -0.15) is 5.10 Å². The van der Waals surface area contributed by atoms with Gasteiger partial charge >= 0.3 is 0 Å². The fraction of sp³-hybridized carbons (Fsp3) is 0.158. The number of benzene rings is 2. The molecule has 0 saturated heterocycles. The average Bonchev–Trinajstić information content (AvgIpc) is 3.14. The maximum Gasteiger partial charge on any atom is 0.203 e. The third kappa shape index (κ3) is 4.42. The molecular formula is C19H18BrN3O2S. The van der Waals surface area contributed by atoms with Gasteiger partial charge in [-0.05, 0) is 35.0 Å². The van der Waals surface area contributed by atoms with Crippen LogP contribution in [-0.2, 0) is 0 Å². The second-order valence-electron chi connectivity index (χ2n) is 5.23. The zero-order chi connectivity index (χ0) is 18.4. The molecular weight excluding hydrogens is 414 g/mol. The molecule has 26 heavy (non-hydrogen) atoms. The Kier molecular flexibility index (Phi) is 6.25. The Labute approximate surface area is 164 Å². The predicted molar refractivity (Wildman–Crippen MR) is 111 cm³/mol. The quantitative estimate of drug-likeness (QED) is 0.400. The molecule has 0 saturated carbocycles. The third-order valence-electron chi connectivity index (χ3n) is 3.52. The number of aromatic nitrogens is 1. The Hall–Kier alpha value is -2.38. The Morgan fingerprint density at radius 2 is 2.04 bits per heavy atom. The molecule has 2 aromatic carbocycles. The molecule has 0 fully saturated rings. The minimum atomic E-state index is 0.564. The van der Waals surface area contributed by atoms with Crippen molar-refractivity contribution in [2.75, 3.05) is 19.1 Å². The number of hydrogen-bond acceptors (Lipinski definition) is 6. The van der Waals surface area contributed by atoms with E-state index in [1.807, 2.05) is 54.8 Å². The largest absolute Gasteiger partial charge is 0.493 e. The molecule has 1 heterocycles. The first kappa shape index (κ1) is 18.4. The smallest absolute Gasteiger partial charge is 0.203 e. The standard InChI is InChI=1S/C19H18BrN3O2S/c1-3-25-18-9-14(15(20)10-17(18)24-2)11-21-23-19-22-16(12-26-19)13-7-5-4-6-8-13/h4-12H,3H2,1-2H3,(H,22,23). The van der Waals surface area contributed by atoms with E-state index >= 15 is 0 Å². The maximum absolute atomic E-state index is 5.60. The van der Waals surface area contributed by atoms with Gasteiger partial charge in [-0.25, -0.2) is 4.98 Å². The molecule has 0 spiro atoms. The highest BCUT2D eigenvalue weighted by Gasteiger charge is 2.09. The van der Waals surface area contributed by atoms with Gasteiger partial charge in [0.25, 0.3) is 0 Å². The van der Waals surface area contributed by atoms with Crippen molar-refractivity contribution in [2.45, 2.75) is 6.92 Å². The van der Waals surface area contributed by atoms with Crippen molar-refractivity contribution in [3.8, 4) is 22.8 Å². The molecule has 5 nitrogen and oxygen atoms in total. The number of hydrazone groups is 1. The van der Waals surface area contributed by atoms with E-state index in [9.17, 15) is 0 Å². The maximum atomic E-state index is 5.60. The van der Waals surface area contributed by atoms with Gasteiger partial charge in [-0.3, -0.25) is 5.43 Å². The topological polar surface area (TPSA) is 55.7 Å². The van der Waals surface area contributed by atoms with Gasteiger partial charge in [-0.15, -0.1) is 11.3 Å². The second kappa shape index (κ2) is 8.82. The SMILES string of the molecule is CCOc1cc(C=NNc2nc(-c3ccccc3)cs2)c(Br)cc1OC. The fourth-order valence-corrected chi connectivity index (χ4v) is 3.39. The first-order valence-electron chi connectivity index (χ1n) is 8.01. The molecule has 0 radical (unpaired) electrons. The van der Waals surface area contributed by atoms with Crippen LogP contribution in [0.3, 0.4) is 0 Å². The van der Waals surface area contributed by atoms with Crippen LogP contribution in [0.15, 0.2) is 57.4 Å². The third-order valence-corrected chi connectivity index (χ3v) is 4.95. The lowest BCUT2D eigenvalue weighted by molar-refractivity contribution is 0.311. The summed E-state index contributed by atoms with van der Waals surface area (Å²) in [4.78, 5) is 4.55. The Morgan fingerprint density at radius 3 is 2.77 bits per heavy atom. The Bertz CT molecular complexity index is 897. The number of anilines is 1. The monoisotopic (exact) mass is 431 g/mol. The van der Waals surface area contributed by atoms with E-state index < -0.39 is 0 Å². The van der Waals surface area contributed by atoms with Crippen molar-refractivity contribution in [3.63, 3.8) is 0 Å². The number of halogens is 1. The minimum absolute atomic E-state index is 0.564. The van der Waals surface area contributed by atoms with Gasteiger partial charge in [0.05, 0.1) is 25.6 Å². The van der Waals surface area contributed by atoms with Crippen molar-refractivity contribution in [1.29, 1.82) is 0 Å². The molecule has 0 amide bonds. The summed E-state index contributed by atoms with van der Waals surface area (Å²) in [7, 11) is 1.62. The first-order valence-corrected chi connectivity index (χ1v) is 9.69. The molecule has 0 aliphatic rings. The molecule has 1 aromatic heterocycles. The van der Waals surface area contributed by atoms with E-state index in [1.165, 1.54) is 11.3 Å². The zero-order valence-corrected chi connectivity index (χ0v) is 16.8. The van der Waals surface area contributed by atoms with Gasteiger partial charge in [0.2, 0.25) is 5.13 Å². The van der Waals surface area contributed by atoms with Gasteiger partial charge < -0.3 is 9.47 Å². The van der Waals surface area contributed by atoms with Gasteiger partial charge in [0.1, 0.15) is 0 Å². The van der Waals surface area contributed by atoms with Crippen LogP contribution in [0.4, 0.5) is 5.13 Å². The summed E-state index contributed by atoms with van der Waals surface area (Å²) in [6, 6.07) is 13.8. The van der Waals surface area contributed by atoms with E-state index in [-0.39, 0.29) is 0 Å². The molecule has 3 aromatic rings. The van der Waals surface area contributed by atoms with Crippen molar-refractivity contribution in [2.24, 2.45) is 5.10 Å². The molecule has 0 unspecified atom stereocenters. The summed E-state index contributed by atoms with van der Waals surface area (Å²) >= 11 is 5.04. The summed E-state index contributed by atoms with van der Waals surface area (Å²) in [6.45, 7) is 2.50. The summed E-state index contributed by atoms with van der Waals surface area (Å²) < 4.78 is 11.8. The number of methoxy groups -OCH3 is 1. The lowest BCUT2D eigenvalue weighted by Crippen LogP contribution is -1.98. The number of rotatable bonds is 7. The van der Waals surface area contributed by atoms with E-state index in [4.69, 9.17) is 9.47 Å². The number of nitrogens with one attached hydrogen (secondary N) is 1. The molecule has 0 aliphatic carbocycles. The second-order valence-corrected chi connectivity index (χ2v) is 6.94. The van der Waals surface area contributed by atoms with Crippen molar-refractivity contribution in [3.05, 3.63) is 57.9 Å². The van der Waals surface area contributed by atoms with Gasteiger partial charge in [-0.1, -0.05) is 30.3 Å². The summed E-state index contributed by atoms with van der Waals surface area (Å²) in [6.07, 6.45) is 1.72. The van der Waals surface area contributed by atoms with Crippen LogP contribution >= 0.6 is 27.3 Å². The van der Waals surface area contributed by atoms with Gasteiger partial charge in [0, 0.05) is 21.0 Å². The van der Waals surface area contributed by atoms with Crippen LogP contribution in [0.1, 0.15) is 12.5 Å². The van der Waals surface area contributed by atoms with E-state index in [2.05, 4.69) is 31.4 Å². The lowest BCUT2D eigenvalue weighted by Gasteiger charge is -2.11. The normalized spacial score (nSPS) is 10.9. The Balaban J connectivity index is 1.73. The first-order chi connectivity index (χ1) is 12.7. The number of ether oxygens (including phenoxy) is 2. The van der Waals surface area contributed by atoms with E-state index in [1.54, 1.807) is 13.3 Å². The molecule has 3 rings (SSSR count). The summed E-state index contributed by atoms with van der Waals surface area (Å²) in [5.74, 6) is 1.36. The van der Waals surface area contributed by atoms with E-state index in [0.717, 1.165) is 26.4 Å². The van der Waals surface area contributed by atoms with Gasteiger partial charge in [0.15, 0.2) is 11.5 Å². The van der Waals surface area contributed by atoms with Crippen molar-refractivity contribution < 1.29 is 9.47 Å². The highest BCUT2D eigenvalue weighted by atomic mass is 79.9. The number of nitrogens with zero attached hydrogens (tertiary/aromatic N) is 2. The highest BCUT2D eigenvalue weighted by molar-refractivity contribution is 9.10. The lowest BCUT2D eigenvalue weighted by atomic mass is 10.2. The van der Waals surface area contributed by atoms with Crippen LogP contribution < -0.4 is 14.9 Å². The highest BCUT2D eigenvalue weighted by Crippen LogP contribution is 2.33. The molecule has 0 atom stereocenters.